The summed E-state index contributed by atoms with van der Waals surface area (Å²) in [6.07, 6.45) is -0.409. The number of anilines is 1. The highest BCUT2D eigenvalue weighted by atomic mass is 32.2. The highest BCUT2D eigenvalue weighted by Gasteiger charge is 2.42. The van der Waals surface area contributed by atoms with Gasteiger partial charge in [-0.25, -0.2) is 0 Å². The van der Waals surface area contributed by atoms with Gasteiger partial charge in [-0.3, -0.25) is 9.27 Å². The van der Waals surface area contributed by atoms with E-state index in [1.54, 1.807) is 12.1 Å². The van der Waals surface area contributed by atoms with Gasteiger partial charge in [0.25, 0.3) is 0 Å². The third kappa shape index (κ3) is 2.83. The van der Waals surface area contributed by atoms with Crippen molar-refractivity contribution in [1.82, 2.24) is 0 Å². The van der Waals surface area contributed by atoms with Crippen molar-refractivity contribution in [3.8, 4) is 5.75 Å². The minimum Gasteiger partial charge on any atom is -0.464 e. The van der Waals surface area contributed by atoms with Crippen molar-refractivity contribution in [2.24, 2.45) is 0 Å². The fraction of sp³-hybridized carbons (Fsp3) is 0.500. The first-order valence-electron chi connectivity index (χ1n) is 5.92. The molecule has 0 amide bonds. The summed E-state index contributed by atoms with van der Waals surface area (Å²) in [5.74, 6) is 0.657. The van der Waals surface area contributed by atoms with Crippen LogP contribution < -0.4 is 9.46 Å². The lowest BCUT2D eigenvalue weighted by atomic mass is 9.85. The van der Waals surface area contributed by atoms with Gasteiger partial charge in [0, 0.05) is 12.2 Å². The average molecular weight is 287 g/mol. The van der Waals surface area contributed by atoms with Crippen molar-refractivity contribution in [3.05, 3.63) is 23.8 Å². The molecule has 0 fully saturated rings. The Morgan fingerprint density at radius 3 is 2.74 bits per heavy atom. The highest BCUT2D eigenvalue weighted by Crippen LogP contribution is 2.44. The quantitative estimate of drug-likeness (QED) is 0.827. The molecule has 1 aliphatic heterocycles. The van der Waals surface area contributed by atoms with Crippen molar-refractivity contribution < 1.29 is 22.4 Å². The molecule has 1 aromatic rings. The molecule has 0 aliphatic carbocycles. The van der Waals surface area contributed by atoms with Crippen LogP contribution in [0, 0.1) is 0 Å². The van der Waals surface area contributed by atoms with Gasteiger partial charge in [0.15, 0.2) is 0 Å². The van der Waals surface area contributed by atoms with Crippen LogP contribution in [-0.4, -0.2) is 25.9 Å². The van der Waals surface area contributed by atoms with Crippen molar-refractivity contribution in [2.75, 3.05) is 11.3 Å². The summed E-state index contributed by atoms with van der Waals surface area (Å²) in [5.41, 5.74) is 0.720. The summed E-state index contributed by atoms with van der Waals surface area (Å²) < 4.78 is 43.7. The van der Waals surface area contributed by atoms with Crippen LogP contribution >= 0.6 is 0 Å². The van der Waals surface area contributed by atoms with Crippen LogP contribution in [0.25, 0.3) is 0 Å². The molecule has 0 saturated heterocycles. The summed E-state index contributed by atoms with van der Waals surface area (Å²) in [5, 5.41) is 0. The Morgan fingerprint density at radius 1 is 1.47 bits per heavy atom. The van der Waals surface area contributed by atoms with Crippen molar-refractivity contribution in [2.45, 2.75) is 32.5 Å². The molecule has 0 radical (unpaired) electrons. The maximum Gasteiger partial charge on any atom is 0.357 e. The van der Waals surface area contributed by atoms with E-state index in [2.05, 4.69) is 0 Å². The summed E-state index contributed by atoms with van der Waals surface area (Å²) in [6.45, 7) is 6.32. The SMILES string of the molecule is CCOC1Oc2ccc(NS(=O)(=O)O)cc2C1(C)C. The molecular formula is C12H17NO5S. The first-order valence-corrected chi connectivity index (χ1v) is 7.36. The molecule has 6 nitrogen and oxygen atoms in total. The van der Waals surface area contributed by atoms with Gasteiger partial charge in [0.2, 0.25) is 6.29 Å². The van der Waals surface area contributed by atoms with Crippen LogP contribution in [0.5, 0.6) is 5.75 Å². The van der Waals surface area contributed by atoms with Crippen molar-refractivity contribution in [1.29, 1.82) is 0 Å². The topological polar surface area (TPSA) is 84.9 Å². The zero-order valence-electron chi connectivity index (χ0n) is 11.0. The lowest BCUT2D eigenvalue weighted by Crippen LogP contribution is -2.34. The second kappa shape index (κ2) is 4.66. The molecule has 2 rings (SSSR count). The number of hydrogen-bond donors (Lipinski definition) is 2. The minimum atomic E-state index is -4.28. The Balaban J connectivity index is 2.35. The van der Waals surface area contributed by atoms with E-state index in [0.29, 0.717) is 12.4 Å². The maximum absolute atomic E-state index is 10.8. The Labute approximate surface area is 112 Å². The molecule has 106 valence electrons. The molecule has 1 aliphatic rings. The second-order valence-electron chi connectivity index (χ2n) is 4.91. The summed E-state index contributed by atoms with van der Waals surface area (Å²) in [7, 11) is -4.28. The van der Waals surface area contributed by atoms with Crippen LogP contribution in [-0.2, 0) is 20.5 Å². The lowest BCUT2D eigenvalue weighted by molar-refractivity contribution is -0.0981. The summed E-state index contributed by atoms with van der Waals surface area (Å²) in [6, 6.07) is 4.82. The Bertz CT molecular complexity index is 582. The van der Waals surface area contributed by atoms with Gasteiger partial charge in [-0.2, -0.15) is 8.42 Å². The van der Waals surface area contributed by atoms with Crippen LogP contribution in [0.1, 0.15) is 26.3 Å². The zero-order valence-corrected chi connectivity index (χ0v) is 11.8. The van der Waals surface area contributed by atoms with Crippen LogP contribution in [0.3, 0.4) is 0 Å². The number of rotatable bonds is 4. The predicted octanol–water partition coefficient (Wildman–Crippen LogP) is 1.93. The van der Waals surface area contributed by atoms with E-state index in [1.807, 2.05) is 25.5 Å². The van der Waals surface area contributed by atoms with E-state index < -0.39 is 22.0 Å². The number of nitrogens with one attached hydrogen (secondary N) is 1. The minimum absolute atomic E-state index is 0.287. The predicted molar refractivity (Wildman–Crippen MR) is 70.7 cm³/mol. The molecule has 1 aromatic carbocycles. The molecule has 0 aromatic heterocycles. The molecule has 19 heavy (non-hydrogen) atoms. The van der Waals surface area contributed by atoms with Gasteiger partial charge in [0.1, 0.15) is 5.75 Å². The van der Waals surface area contributed by atoms with E-state index in [0.717, 1.165) is 5.56 Å². The zero-order chi connectivity index (χ0) is 14.3. The van der Waals surface area contributed by atoms with E-state index >= 15 is 0 Å². The fourth-order valence-corrected chi connectivity index (χ4v) is 2.56. The second-order valence-corrected chi connectivity index (χ2v) is 6.07. The van der Waals surface area contributed by atoms with Crippen LogP contribution in [0.15, 0.2) is 18.2 Å². The molecule has 0 spiro atoms. The smallest absolute Gasteiger partial charge is 0.357 e. The van der Waals surface area contributed by atoms with E-state index in [1.165, 1.54) is 6.07 Å². The van der Waals surface area contributed by atoms with Crippen molar-refractivity contribution >= 4 is 16.0 Å². The monoisotopic (exact) mass is 287 g/mol. The van der Waals surface area contributed by atoms with Gasteiger partial charge in [-0.1, -0.05) is 0 Å². The summed E-state index contributed by atoms with van der Waals surface area (Å²) >= 11 is 0. The summed E-state index contributed by atoms with van der Waals surface area (Å²) in [4.78, 5) is 0. The van der Waals surface area contributed by atoms with Gasteiger partial charge in [0.05, 0.1) is 11.1 Å². The van der Waals surface area contributed by atoms with Crippen LogP contribution in [0.2, 0.25) is 0 Å². The van der Waals surface area contributed by atoms with Gasteiger partial charge in [-0.05, 0) is 39.0 Å². The number of fused-ring (bicyclic) bond motifs is 1. The molecule has 0 bridgehead atoms. The number of ether oxygens (including phenoxy) is 2. The Morgan fingerprint density at radius 2 is 2.16 bits per heavy atom. The first kappa shape index (κ1) is 14.1. The van der Waals surface area contributed by atoms with E-state index in [4.69, 9.17) is 14.0 Å². The van der Waals surface area contributed by atoms with Gasteiger partial charge < -0.3 is 9.47 Å². The van der Waals surface area contributed by atoms with E-state index in [-0.39, 0.29) is 5.69 Å². The molecule has 0 saturated carbocycles. The highest BCUT2D eigenvalue weighted by molar-refractivity contribution is 7.87. The fourth-order valence-electron chi connectivity index (χ4n) is 2.13. The average Bonchev–Trinajstić information content (AvgIpc) is 2.50. The lowest BCUT2D eigenvalue weighted by Gasteiger charge is -2.25. The third-order valence-corrected chi connectivity index (χ3v) is 3.56. The normalized spacial score (nSPS) is 20.7. The van der Waals surface area contributed by atoms with Gasteiger partial charge >= 0.3 is 10.3 Å². The molecule has 1 unspecified atom stereocenters. The molecule has 1 atom stereocenters. The standard InChI is InChI=1S/C12H17NO5S/c1-4-17-11-12(2,3)9-7-8(13-19(14,15)16)5-6-10(9)18-11/h5-7,11,13H,4H2,1-3H3,(H,14,15,16). The Kier molecular flexibility index (Phi) is 3.46. The maximum atomic E-state index is 10.8. The molecule has 1 heterocycles. The molecular weight excluding hydrogens is 270 g/mol. The van der Waals surface area contributed by atoms with Crippen molar-refractivity contribution in [3.63, 3.8) is 0 Å². The Hall–Kier alpha value is -1.31. The largest absolute Gasteiger partial charge is 0.464 e. The number of hydrogen-bond acceptors (Lipinski definition) is 4. The van der Waals surface area contributed by atoms with E-state index in [9.17, 15) is 8.42 Å². The third-order valence-electron chi connectivity index (χ3n) is 3.06. The van der Waals surface area contributed by atoms with Crippen LogP contribution in [0.4, 0.5) is 5.69 Å². The number of benzene rings is 1. The molecule has 2 N–H and O–H groups in total. The molecule has 7 heteroatoms. The first-order chi connectivity index (χ1) is 8.74. The van der Waals surface area contributed by atoms with Gasteiger partial charge in [-0.15, -0.1) is 0 Å².